The molecule has 1 N–H and O–H groups in total. The van der Waals surface area contributed by atoms with Crippen molar-refractivity contribution in [3.63, 3.8) is 0 Å². The van der Waals surface area contributed by atoms with Crippen molar-refractivity contribution in [2.75, 3.05) is 0 Å². The lowest BCUT2D eigenvalue weighted by Gasteiger charge is -2.21. The third-order valence-corrected chi connectivity index (χ3v) is 2.30. The molecule has 0 aromatic carbocycles. The van der Waals surface area contributed by atoms with Crippen molar-refractivity contribution in [3.8, 4) is 0 Å². The van der Waals surface area contributed by atoms with E-state index in [1.54, 1.807) is 0 Å². The molecule has 0 aromatic rings. The molecular formula is C6H5Cl3O4. The molecule has 0 unspecified atom stereocenters. The molecule has 0 amide bonds. The highest BCUT2D eigenvalue weighted by atomic mass is 35.6. The molecular weight excluding hydrogens is 242 g/mol. The van der Waals surface area contributed by atoms with Crippen molar-refractivity contribution in [2.45, 2.75) is 16.3 Å². The number of halogens is 3. The fourth-order valence-electron chi connectivity index (χ4n) is 1.07. The van der Waals surface area contributed by atoms with Gasteiger partial charge < -0.3 is 9.84 Å². The van der Waals surface area contributed by atoms with Crippen LogP contribution in [0.4, 0.5) is 0 Å². The number of carbonyl (C=O) groups is 2. The summed E-state index contributed by atoms with van der Waals surface area (Å²) in [5.41, 5.74) is 0. The minimum absolute atomic E-state index is 0.256. The summed E-state index contributed by atoms with van der Waals surface area (Å²) in [6.45, 7) is 0. The zero-order chi connectivity index (χ0) is 10.2. The number of ether oxygens (including phenoxy) is 1. The van der Waals surface area contributed by atoms with Gasteiger partial charge in [-0.05, 0) is 0 Å². The highest BCUT2D eigenvalue weighted by Gasteiger charge is 2.50. The maximum Gasteiger partial charge on any atom is 0.311 e. The monoisotopic (exact) mass is 246 g/mol. The van der Waals surface area contributed by atoms with Crippen LogP contribution in [0.1, 0.15) is 6.42 Å². The average molecular weight is 247 g/mol. The van der Waals surface area contributed by atoms with Crippen LogP contribution < -0.4 is 0 Å². The molecule has 13 heavy (non-hydrogen) atoms. The van der Waals surface area contributed by atoms with Crippen LogP contribution in [0.15, 0.2) is 0 Å². The maximum absolute atomic E-state index is 10.8. The van der Waals surface area contributed by atoms with E-state index in [1.807, 2.05) is 0 Å². The third kappa shape index (κ3) is 2.39. The number of carbonyl (C=O) groups excluding carboxylic acids is 1. The summed E-state index contributed by atoms with van der Waals surface area (Å²) < 4.78 is 2.69. The normalized spacial score (nSPS) is 28.7. The Morgan fingerprint density at radius 2 is 2.08 bits per heavy atom. The Kier molecular flexibility index (Phi) is 2.95. The number of cyclic esters (lactones) is 1. The van der Waals surface area contributed by atoms with Crippen LogP contribution in [0.5, 0.6) is 0 Å². The van der Waals surface area contributed by atoms with Gasteiger partial charge in [0.25, 0.3) is 0 Å². The molecule has 0 aromatic heterocycles. The first-order valence-corrected chi connectivity index (χ1v) is 4.45. The van der Waals surface area contributed by atoms with E-state index >= 15 is 0 Å². The summed E-state index contributed by atoms with van der Waals surface area (Å²) in [7, 11) is 0. The molecule has 74 valence electrons. The van der Waals surface area contributed by atoms with E-state index in [9.17, 15) is 9.59 Å². The third-order valence-electron chi connectivity index (χ3n) is 1.65. The van der Waals surface area contributed by atoms with Crippen LogP contribution >= 0.6 is 34.8 Å². The summed E-state index contributed by atoms with van der Waals surface area (Å²) in [4.78, 5) is 21.3. The van der Waals surface area contributed by atoms with Crippen molar-refractivity contribution in [2.24, 2.45) is 5.92 Å². The Balaban J connectivity index is 2.84. The molecule has 1 fully saturated rings. The summed E-state index contributed by atoms with van der Waals surface area (Å²) in [6, 6.07) is 0. The maximum atomic E-state index is 10.8. The van der Waals surface area contributed by atoms with E-state index in [0.29, 0.717) is 0 Å². The topological polar surface area (TPSA) is 63.6 Å². The standard InChI is InChI=1S/C6H5Cl3O4/c7-6(8,9)4-2(5(11)12)1-3(10)13-4/h2,4H,1H2,(H,11,12)/t2-,4-/m0/s1. The predicted molar refractivity (Wildman–Crippen MR) is 45.9 cm³/mol. The molecule has 7 heteroatoms. The van der Waals surface area contributed by atoms with Gasteiger partial charge in [0, 0.05) is 0 Å². The quantitative estimate of drug-likeness (QED) is 0.561. The number of hydrogen-bond donors (Lipinski definition) is 1. The fourth-order valence-corrected chi connectivity index (χ4v) is 1.66. The smallest absolute Gasteiger partial charge is 0.311 e. The Morgan fingerprint density at radius 3 is 2.38 bits per heavy atom. The van der Waals surface area contributed by atoms with Crippen molar-refractivity contribution < 1.29 is 19.4 Å². The van der Waals surface area contributed by atoms with Gasteiger partial charge in [-0.1, -0.05) is 34.8 Å². The molecule has 2 atom stereocenters. The minimum Gasteiger partial charge on any atom is -0.481 e. The first-order chi connectivity index (χ1) is 5.82. The molecule has 0 spiro atoms. The summed E-state index contributed by atoms with van der Waals surface area (Å²) in [6.07, 6.45) is -1.46. The van der Waals surface area contributed by atoms with Crippen LogP contribution in [-0.2, 0) is 14.3 Å². The van der Waals surface area contributed by atoms with Gasteiger partial charge in [0.05, 0.1) is 6.42 Å². The van der Waals surface area contributed by atoms with Crippen LogP contribution in [0.2, 0.25) is 0 Å². The van der Waals surface area contributed by atoms with Gasteiger partial charge in [0.1, 0.15) is 5.92 Å². The Bertz CT molecular complexity index is 247. The SMILES string of the molecule is O=C1C[C@H](C(=O)O)[C@@H](C(Cl)(Cl)Cl)O1. The number of rotatable bonds is 1. The Hall–Kier alpha value is -0.190. The Morgan fingerprint density at radius 1 is 1.54 bits per heavy atom. The highest BCUT2D eigenvalue weighted by molar-refractivity contribution is 6.68. The minimum atomic E-state index is -1.89. The molecule has 0 radical (unpaired) electrons. The van der Waals surface area contributed by atoms with E-state index in [4.69, 9.17) is 39.9 Å². The molecule has 4 nitrogen and oxygen atoms in total. The van der Waals surface area contributed by atoms with E-state index in [2.05, 4.69) is 4.74 Å². The molecule has 0 aliphatic carbocycles. The van der Waals surface area contributed by atoms with Crippen LogP contribution in [0.25, 0.3) is 0 Å². The van der Waals surface area contributed by atoms with Gasteiger partial charge in [0.2, 0.25) is 3.79 Å². The lowest BCUT2D eigenvalue weighted by Crippen LogP contribution is -2.35. The van der Waals surface area contributed by atoms with Crippen molar-refractivity contribution >= 4 is 46.7 Å². The van der Waals surface area contributed by atoms with Gasteiger partial charge in [0.15, 0.2) is 6.10 Å². The second-order valence-corrected chi connectivity index (χ2v) is 4.97. The van der Waals surface area contributed by atoms with Gasteiger partial charge in [-0.15, -0.1) is 0 Å². The first kappa shape index (κ1) is 10.9. The van der Waals surface area contributed by atoms with Crippen LogP contribution in [0, 0.1) is 5.92 Å². The van der Waals surface area contributed by atoms with Gasteiger partial charge in [-0.2, -0.15) is 0 Å². The largest absolute Gasteiger partial charge is 0.481 e. The zero-order valence-corrected chi connectivity index (χ0v) is 8.44. The number of alkyl halides is 3. The second kappa shape index (κ2) is 3.52. The molecule has 0 saturated carbocycles. The van der Waals surface area contributed by atoms with Gasteiger partial charge in [-0.3, -0.25) is 9.59 Å². The van der Waals surface area contributed by atoms with E-state index in [1.165, 1.54) is 0 Å². The van der Waals surface area contributed by atoms with Crippen LogP contribution in [-0.4, -0.2) is 26.9 Å². The molecule has 1 saturated heterocycles. The van der Waals surface area contributed by atoms with E-state index < -0.39 is 27.8 Å². The number of esters is 1. The molecule has 1 aliphatic rings. The summed E-state index contributed by atoms with van der Waals surface area (Å²) >= 11 is 16.3. The van der Waals surface area contributed by atoms with Crippen LogP contribution in [0.3, 0.4) is 0 Å². The van der Waals surface area contributed by atoms with Gasteiger partial charge >= 0.3 is 11.9 Å². The number of carboxylic acid groups (broad SMARTS) is 1. The van der Waals surface area contributed by atoms with E-state index in [-0.39, 0.29) is 6.42 Å². The number of aliphatic carboxylic acids is 1. The second-order valence-electron chi connectivity index (χ2n) is 2.60. The average Bonchev–Trinajstić information content (AvgIpc) is 2.29. The zero-order valence-electron chi connectivity index (χ0n) is 6.17. The summed E-state index contributed by atoms with van der Waals surface area (Å²) in [5, 5.41) is 8.66. The molecule has 0 bridgehead atoms. The predicted octanol–water partition coefficient (Wildman–Crippen LogP) is 1.37. The first-order valence-electron chi connectivity index (χ1n) is 3.31. The summed E-state index contributed by atoms with van der Waals surface area (Å²) in [5.74, 6) is -2.95. The lowest BCUT2D eigenvalue weighted by atomic mass is 10.0. The Labute approximate surface area is 88.7 Å². The number of carboxylic acids is 1. The number of hydrogen-bond acceptors (Lipinski definition) is 3. The van der Waals surface area contributed by atoms with Crippen molar-refractivity contribution in [1.29, 1.82) is 0 Å². The molecule has 1 aliphatic heterocycles. The molecule has 1 heterocycles. The van der Waals surface area contributed by atoms with Crippen molar-refractivity contribution in [1.82, 2.24) is 0 Å². The molecule has 1 rings (SSSR count). The fraction of sp³-hybridized carbons (Fsp3) is 0.667. The van der Waals surface area contributed by atoms with Crippen molar-refractivity contribution in [3.05, 3.63) is 0 Å². The van der Waals surface area contributed by atoms with E-state index in [0.717, 1.165) is 0 Å². The lowest BCUT2D eigenvalue weighted by molar-refractivity contribution is -0.144. The van der Waals surface area contributed by atoms with Gasteiger partial charge in [-0.25, -0.2) is 0 Å². The highest BCUT2D eigenvalue weighted by Crippen LogP contribution is 2.40.